The summed E-state index contributed by atoms with van der Waals surface area (Å²) in [5.74, 6) is -2.58. The van der Waals surface area contributed by atoms with Crippen molar-refractivity contribution < 1.29 is 18.3 Å². The molecule has 0 radical (unpaired) electrons. The molecule has 8 nitrogen and oxygen atoms in total. The molecule has 0 saturated heterocycles. The number of carbonyl (C=O) groups excluding carboxylic acids is 1. The van der Waals surface area contributed by atoms with E-state index in [4.69, 9.17) is 15.9 Å². The van der Waals surface area contributed by atoms with Crippen LogP contribution in [-0.2, 0) is 0 Å². The van der Waals surface area contributed by atoms with E-state index in [0.717, 1.165) is 37.8 Å². The molecule has 5 N–H and O–H groups in total. The van der Waals surface area contributed by atoms with Gasteiger partial charge in [0.25, 0.3) is 5.91 Å². The third kappa shape index (κ3) is 5.00. The fraction of sp³-hybridized carbons (Fsp3) is 0.400. The molecule has 10 heteroatoms. The van der Waals surface area contributed by atoms with E-state index in [1.165, 1.54) is 6.20 Å². The van der Waals surface area contributed by atoms with Gasteiger partial charge in [-0.3, -0.25) is 4.79 Å². The minimum Gasteiger partial charge on any atom is -0.476 e. The minimum atomic E-state index is -0.885. The highest BCUT2D eigenvalue weighted by Gasteiger charge is 2.21. The standard InChI is InChI=1S/C20H24F2N6O2/c1-2-30-20-15(22)7-12(10-26-20)27-18-13(17(24)29)8-14(21)19(28-18)25-9-11-5-3-4-6-16(11)23/h7-8,10-11,23H,2-6,9H2,1H3,(H2,24,29)(H2,25,27,28). The van der Waals surface area contributed by atoms with Gasteiger partial charge in [-0.1, -0.05) is 6.42 Å². The number of ether oxygens (including phenoxy) is 1. The zero-order valence-electron chi connectivity index (χ0n) is 16.6. The number of anilines is 3. The van der Waals surface area contributed by atoms with Crippen molar-refractivity contribution in [1.29, 1.82) is 5.41 Å². The Morgan fingerprint density at radius 1 is 1.30 bits per heavy atom. The van der Waals surface area contributed by atoms with Crippen LogP contribution in [0.3, 0.4) is 0 Å². The molecule has 0 aromatic carbocycles. The molecule has 0 aliphatic heterocycles. The normalized spacial score (nSPS) is 16.2. The lowest BCUT2D eigenvalue weighted by Crippen LogP contribution is -2.26. The van der Waals surface area contributed by atoms with E-state index < -0.39 is 17.5 Å². The highest BCUT2D eigenvalue weighted by atomic mass is 19.1. The summed E-state index contributed by atoms with van der Waals surface area (Å²) in [4.78, 5) is 19.8. The number of aromatic nitrogens is 2. The zero-order chi connectivity index (χ0) is 21.7. The van der Waals surface area contributed by atoms with Crippen LogP contribution in [0.25, 0.3) is 0 Å². The number of nitrogens with zero attached hydrogens (tertiary/aromatic N) is 2. The molecular weight excluding hydrogens is 394 g/mol. The molecule has 1 amide bonds. The Morgan fingerprint density at radius 3 is 2.77 bits per heavy atom. The van der Waals surface area contributed by atoms with Crippen LogP contribution in [-0.4, -0.2) is 34.7 Å². The van der Waals surface area contributed by atoms with E-state index >= 15 is 0 Å². The highest BCUT2D eigenvalue weighted by Crippen LogP contribution is 2.27. The number of pyridine rings is 2. The van der Waals surface area contributed by atoms with Crippen molar-refractivity contribution in [1.82, 2.24) is 9.97 Å². The molecule has 3 rings (SSSR count). The molecule has 0 bridgehead atoms. The number of primary amides is 1. The van der Waals surface area contributed by atoms with Gasteiger partial charge in [0.2, 0.25) is 5.88 Å². The van der Waals surface area contributed by atoms with Gasteiger partial charge in [0, 0.05) is 24.2 Å². The van der Waals surface area contributed by atoms with E-state index in [1.807, 2.05) is 0 Å². The van der Waals surface area contributed by atoms with Gasteiger partial charge in [-0.15, -0.1) is 0 Å². The van der Waals surface area contributed by atoms with E-state index in [-0.39, 0.29) is 41.3 Å². The van der Waals surface area contributed by atoms with Crippen molar-refractivity contribution in [2.24, 2.45) is 11.7 Å². The number of nitrogens with two attached hydrogens (primary N) is 1. The largest absolute Gasteiger partial charge is 0.476 e. The third-order valence-corrected chi connectivity index (χ3v) is 4.85. The first-order valence-electron chi connectivity index (χ1n) is 9.76. The SMILES string of the molecule is CCOc1ncc(Nc2nc(NCC3CCCCC3=N)c(F)cc2C(N)=O)cc1F. The van der Waals surface area contributed by atoms with Crippen molar-refractivity contribution in [3.8, 4) is 5.88 Å². The van der Waals surface area contributed by atoms with E-state index in [2.05, 4.69) is 20.6 Å². The number of halogens is 2. The summed E-state index contributed by atoms with van der Waals surface area (Å²) in [6, 6.07) is 2.11. The van der Waals surface area contributed by atoms with Gasteiger partial charge in [0.05, 0.1) is 24.1 Å². The average Bonchev–Trinajstić information content (AvgIpc) is 2.71. The number of hydrogen-bond acceptors (Lipinski definition) is 7. The van der Waals surface area contributed by atoms with Gasteiger partial charge in [-0.25, -0.2) is 18.7 Å². The Kier molecular flexibility index (Phi) is 6.76. The van der Waals surface area contributed by atoms with Gasteiger partial charge < -0.3 is 26.5 Å². The number of amides is 1. The Balaban J connectivity index is 1.83. The molecule has 2 aromatic heterocycles. The van der Waals surface area contributed by atoms with Gasteiger partial charge >= 0.3 is 0 Å². The van der Waals surface area contributed by atoms with Crippen molar-refractivity contribution in [2.75, 3.05) is 23.8 Å². The molecule has 1 fully saturated rings. The zero-order valence-corrected chi connectivity index (χ0v) is 16.6. The summed E-state index contributed by atoms with van der Waals surface area (Å²) in [5.41, 5.74) is 5.99. The topological polar surface area (TPSA) is 126 Å². The van der Waals surface area contributed by atoms with Crippen LogP contribution >= 0.6 is 0 Å². The predicted octanol–water partition coefficient (Wildman–Crippen LogP) is 3.62. The number of nitrogens with one attached hydrogen (secondary N) is 3. The first-order chi connectivity index (χ1) is 14.4. The van der Waals surface area contributed by atoms with Gasteiger partial charge in [-0.2, -0.15) is 0 Å². The molecule has 1 aliphatic rings. The monoisotopic (exact) mass is 418 g/mol. The smallest absolute Gasteiger partial charge is 0.252 e. The summed E-state index contributed by atoms with van der Waals surface area (Å²) < 4.78 is 33.6. The molecule has 1 unspecified atom stereocenters. The van der Waals surface area contributed by atoms with Crippen molar-refractivity contribution in [2.45, 2.75) is 32.6 Å². The second-order valence-electron chi connectivity index (χ2n) is 7.00. The first kappa shape index (κ1) is 21.4. The number of rotatable bonds is 8. The number of carbonyl (C=O) groups is 1. The second-order valence-corrected chi connectivity index (χ2v) is 7.00. The lowest BCUT2D eigenvalue weighted by molar-refractivity contribution is 0.100. The summed E-state index contributed by atoms with van der Waals surface area (Å²) >= 11 is 0. The van der Waals surface area contributed by atoms with Crippen LogP contribution in [0.5, 0.6) is 5.88 Å². The molecular formula is C20H24F2N6O2. The Labute approximate surface area is 172 Å². The molecule has 1 aliphatic carbocycles. The average molecular weight is 418 g/mol. The maximum atomic E-state index is 14.5. The predicted molar refractivity (Wildman–Crippen MR) is 110 cm³/mol. The van der Waals surface area contributed by atoms with E-state index in [0.29, 0.717) is 12.3 Å². The summed E-state index contributed by atoms with van der Waals surface area (Å²) in [7, 11) is 0. The van der Waals surface area contributed by atoms with Crippen LogP contribution in [0.2, 0.25) is 0 Å². The van der Waals surface area contributed by atoms with E-state index in [1.54, 1.807) is 6.92 Å². The minimum absolute atomic E-state index is 0.0107. The Bertz CT molecular complexity index is 953. The summed E-state index contributed by atoms with van der Waals surface area (Å²) in [6.07, 6.45) is 4.92. The molecule has 1 saturated carbocycles. The highest BCUT2D eigenvalue weighted by molar-refractivity contribution is 5.98. The van der Waals surface area contributed by atoms with E-state index in [9.17, 15) is 13.6 Å². The first-order valence-corrected chi connectivity index (χ1v) is 9.76. The van der Waals surface area contributed by atoms with Crippen molar-refractivity contribution in [3.63, 3.8) is 0 Å². The summed E-state index contributed by atoms with van der Waals surface area (Å²) in [5, 5.41) is 13.7. The molecule has 30 heavy (non-hydrogen) atoms. The Hall–Kier alpha value is -3.30. The maximum absolute atomic E-state index is 14.5. The number of hydrogen-bond donors (Lipinski definition) is 4. The lowest BCUT2D eigenvalue weighted by atomic mass is 9.87. The van der Waals surface area contributed by atoms with Crippen LogP contribution in [0.4, 0.5) is 26.1 Å². The molecule has 1 atom stereocenters. The molecule has 0 spiro atoms. The quantitative estimate of drug-likeness (QED) is 0.519. The Morgan fingerprint density at radius 2 is 2.10 bits per heavy atom. The van der Waals surface area contributed by atoms with Crippen molar-refractivity contribution >= 4 is 28.9 Å². The molecule has 2 heterocycles. The van der Waals surface area contributed by atoms with Crippen LogP contribution < -0.4 is 21.1 Å². The second kappa shape index (κ2) is 9.47. The summed E-state index contributed by atoms with van der Waals surface area (Å²) in [6.45, 7) is 2.32. The lowest BCUT2D eigenvalue weighted by Gasteiger charge is -2.23. The van der Waals surface area contributed by atoms with Gasteiger partial charge in [0.1, 0.15) is 5.82 Å². The molecule has 2 aromatic rings. The van der Waals surface area contributed by atoms with Crippen LogP contribution in [0.15, 0.2) is 18.3 Å². The van der Waals surface area contributed by atoms with Gasteiger partial charge in [0.15, 0.2) is 17.5 Å². The van der Waals surface area contributed by atoms with Crippen LogP contribution in [0.1, 0.15) is 43.0 Å². The fourth-order valence-electron chi connectivity index (χ4n) is 3.30. The van der Waals surface area contributed by atoms with Gasteiger partial charge in [-0.05, 0) is 32.3 Å². The van der Waals surface area contributed by atoms with Crippen LogP contribution in [0, 0.1) is 23.0 Å². The fourth-order valence-corrected chi connectivity index (χ4v) is 3.30. The third-order valence-electron chi connectivity index (χ3n) is 4.85. The molecule has 160 valence electrons. The van der Waals surface area contributed by atoms with Crippen molar-refractivity contribution in [3.05, 3.63) is 35.5 Å². The maximum Gasteiger partial charge on any atom is 0.252 e.